The third-order valence-electron chi connectivity index (χ3n) is 4.69. The first kappa shape index (κ1) is 16.4. The number of aryl methyl sites for hydroxylation is 1. The molecule has 2 heterocycles. The number of anilines is 1. The number of amides is 1. The lowest BCUT2D eigenvalue weighted by Crippen LogP contribution is -2.24. The normalized spacial score (nSPS) is 17.1. The zero-order chi connectivity index (χ0) is 18.1. The molecule has 3 aromatic rings. The van der Waals surface area contributed by atoms with Gasteiger partial charge in [-0.15, -0.1) is 0 Å². The van der Waals surface area contributed by atoms with E-state index in [1.165, 1.54) is 11.6 Å². The van der Waals surface area contributed by atoms with Crippen LogP contribution in [0.5, 0.6) is 0 Å². The first-order chi connectivity index (χ1) is 12.7. The average Bonchev–Trinajstić information content (AvgIpc) is 3.29. The Labute approximate surface area is 150 Å². The van der Waals surface area contributed by atoms with Crippen LogP contribution in [0.4, 0.5) is 10.1 Å². The van der Waals surface area contributed by atoms with Gasteiger partial charge in [-0.2, -0.15) is 4.98 Å². The SMILES string of the molecule is CCc1ccc(N2C[C@H](c3nc(-c4ccccc4F)no3)CC2=O)cc1. The summed E-state index contributed by atoms with van der Waals surface area (Å²) >= 11 is 0. The summed E-state index contributed by atoms with van der Waals surface area (Å²) in [6, 6.07) is 14.2. The monoisotopic (exact) mass is 351 g/mol. The predicted octanol–water partition coefficient (Wildman–Crippen LogP) is 3.96. The van der Waals surface area contributed by atoms with Crippen LogP contribution in [-0.2, 0) is 11.2 Å². The van der Waals surface area contributed by atoms with E-state index in [4.69, 9.17) is 4.52 Å². The fourth-order valence-electron chi connectivity index (χ4n) is 3.19. The van der Waals surface area contributed by atoms with Gasteiger partial charge in [-0.05, 0) is 36.2 Å². The van der Waals surface area contributed by atoms with Gasteiger partial charge in [0.15, 0.2) is 0 Å². The first-order valence-electron chi connectivity index (χ1n) is 8.63. The van der Waals surface area contributed by atoms with Crippen LogP contribution in [0.1, 0.15) is 30.7 Å². The van der Waals surface area contributed by atoms with Gasteiger partial charge in [0.25, 0.3) is 0 Å². The maximum absolute atomic E-state index is 13.9. The lowest BCUT2D eigenvalue weighted by molar-refractivity contribution is -0.117. The molecule has 1 aliphatic rings. The molecule has 1 aromatic heterocycles. The minimum absolute atomic E-state index is 0.0184. The van der Waals surface area contributed by atoms with Gasteiger partial charge in [0.2, 0.25) is 17.6 Å². The first-order valence-corrected chi connectivity index (χ1v) is 8.63. The van der Waals surface area contributed by atoms with E-state index in [0.29, 0.717) is 24.4 Å². The molecule has 0 N–H and O–H groups in total. The smallest absolute Gasteiger partial charge is 0.232 e. The van der Waals surface area contributed by atoms with Gasteiger partial charge in [0.05, 0.1) is 11.5 Å². The molecular formula is C20H18FN3O2. The Morgan fingerprint density at radius 2 is 1.96 bits per heavy atom. The van der Waals surface area contributed by atoms with Crippen molar-refractivity contribution in [3.8, 4) is 11.4 Å². The molecule has 1 atom stereocenters. The van der Waals surface area contributed by atoms with Crippen LogP contribution in [0, 0.1) is 5.82 Å². The number of hydrogen-bond donors (Lipinski definition) is 0. The highest BCUT2D eigenvalue weighted by molar-refractivity contribution is 5.96. The second-order valence-electron chi connectivity index (χ2n) is 6.36. The summed E-state index contributed by atoms with van der Waals surface area (Å²) in [6.45, 7) is 2.57. The van der Waals surface area contributed by atoms with Crippen molar-refractivity contribution >= 4 is 11.6 Å². The van der Waals surface area contributed by atoms with E-state index in [1.807, 2.05) is 24.3 Å². The van der Waals surface area contributed by atoms with Crippen molar-refractivity contribution in [1.82, 2.24) is 10.1 Å². The van der Waals surface area contributed by atoms with E-state index >= 15 is 0 Å². The summed E-state index contributed by atoms with van der Waals surface area (Å²) in [4.78, 5) is 18.5. The molecule has 4 rings (SSSR count). The van der Waals surface area contributed by atoms with E-state index in [2.05, 4.69) is 17.1 Å². The lowest BCUT2D eigenvalue weighted by Gasteiger charge is -2.16. The van der Waals surface area contributed by atoms with Crippen LogP contribution >= 0.6 is 0 Å². The van der Waals surface area contributed by atoms with Gasteiger partial charge in [0, 0.05) is 18.7 Å². The summed E-state index contributed by atoms with van der Waals surface area (Å²) in [6.07, 6.45) is 1.26. The molecule has 132 valence electrons. The molecule has 0 saturated carbocycles. The number of benzene rings is 2. The Hall–Kier alpha value is -3.02. The maximum atomic E-state index is 13.9. The third-order valence-corrected chi connectivity index (χ3v) is 4.69. The molecule has 2 aromatic carbocycles. The average molecular weight is 351 g/mol. The molecular weight excluding hydrogens is 333 g/mol. The Kier molecular flexibility index (Phi) is 4.24. The van der Waals surface area contributed by atoms with Gasteiger partial charge in [-0.3, -0.25) is 4.79 Å². The summed E-state index contributed by atoms with van der Waals surface area (Å²) < 4.78 is 19.2. The zero-order valence-corrected chi connectivity index (χ0v) is 14.4. The highest BCUT2D eigenvalue weighted by Crippen LogP contribution is 2.32. The Morgan fingerprint density at radius 1 is 1.19 bits per heavy atom. The molecule has 0 aliphatic carbocycles. The molecule has 0 unspecified atom stereocenters. The second kappa shape index (κ2) is 6.71. The van der Waals surface area contributed by atoms with Crippen molar-refractivity contribution in [2.24, 2.45) is 0 Å². The molecule has 0 radical (unpaired) electrons. The van der Waals surface area contributed by atoms with Crippen molar-refractivity contribution in [1.29, 1.82) is 0 Å². The van der Waals surface area contributed by atoms with E-state index in [9.17, 15) is 9.18 Å². The standard InChI is InChI=1S/C20H18FN3O2/c1-2-13-7-9-15(10-8-13)24-12-14(11-18(24)25)20-22-19(23-26-20)16-5-3-4-6-17(16)21/h3-10,14H,2,11-12H2,1H3/t14-/m1/s1. The van der Waals surface area contributed by atoms with Crippen LogP contribution < -0.4 is 4.90 Å². The molecule has 26 heavy (non-hydrogen) atoms. The van der Waals surface area contributed by atoms with Crippen molar-refractivity contribution in [2.45, 2.75) is 25.7 Å². The molecule has 1 amide bonds. The Morgan fingerprint density at radius 3 is 2.69 bits per heavy atom. The zero-order valence-electron chi connectivity index (χ0n) is 14.4. The summed E-state index contributed by atoms with van der Waals surface area (Å²) in [5, 5.41) is 3.88. The number of carbonyl (C=O) groups is 1. The van der Waals surface area contributed by atoms with Gasteiger partial charge < -0.3 is 9.42 Å². The number of rotatable bonds is 4. The third kappa shape index (κ3) is 2.98. The van der Waals surface area contributed by atoms with Crippen LogP contribution in [-0.4, -0.2) is 22.6 Å². The van der Waals surface area contributed by atoms with E-state index in [-0.39, 0.29) is 17.6 Å². The highest BCUT2D eigenvalue weighted by atomic mass is 19.1. The molecule has 6 heteroatoms. The fourth-order valence-corrected chi connectivity index (χ4v) is 3.19. The minimum Gasteiger partial charge on any atom is -0.339 e. The fraction of sp³-hybridized carbons (Fsp3) is 0.250. The number of carbonyl (C=O) groups excluding carboxylic acids is 1. The van der Waals surface area contributed by atoms with Crippen LogP contribution in [0.2, 0.25) is 0 Å². The lowest BCUT2D eigenvalue weighted by atomic mass is 10.1. The highest BCUT2D eigenvalue weighted by Gasteiger charge is 2.35. The van der Waals surface area contributed by atoms with Crippen LogP contribution in [0.3, 0.4) is 0 Å². The number of halogens is 1. The van der Waals surface area contributed by atoms with E-state index < -0.39 is 5.82 Å². The number of aromatic nitrogens is 2. The number of hydrogen-bond acceptors (Lipinski definition) is 4. The van der Waals surface area contributed by atoms with Gasteiger partial charge >= 0.3 is 0 Å². The topological polar surface area (TPSA) is 59.2 Å². The molecule has 1 fully saturated rings. The van der Waals surface area contributed by atoms with E-state index in [1.54, 1.807) is 23.1 Å². The predicted molar refractivity (Wildman–Crippen MR) is 95.2 cm³/mol. The van der Waals surface area contributed by atoms with Gasteiger partial charge in [-0.1, -0.05) is 36.3 Å². The maximum Gasteiger partial charge on any atom is 0.232 e. The largest absolute Gasteiger partial charge is 0.339 e. The Balaban J connectivity index is 1.55. The number of nitrogens with zero attached hydrogens (tertiary/aromatic N) is 3. The van der Waals surface area contributed by atoms with Crippen molar-refractivity contribution in [2.75, 3.05) is 11.4 Å². The summed E-state index contributed by atoms with van der Waals surface area (Å²) in [5.74, 6) is -0.00756. The summed E-state index contributed by atoms with van der Waals surface area (Å²) in [5.41, 5.74) is 2.38. The molecule has 5 nitrogen and oxygen atoms in total. The van der Waals surface area contributed by atoms with Gasteiger partial charge in [-0.25, -0.2) is 4.39 Å². The molecule has 0 bridgehead atoms. The summed E-state index contributed by atoms with van der Waals surface area (Å²) in [7, 11) is 0. The van der Waals surface area contributed by atoms with Crippen molar-refractivity contribution in [3.63, 3.8) is 0 Å². The Bertz CT molecular complexity index is 936. The van der Waals surface area contributed by atoms with Crippen LogP contribution in [0.15, 0.2) is 53.1 Å². The molecule has 1 saturated heterocycles. The van der Waals surface area contributed by atoms with Crippen molar-refractivity contribution in [3.05, 3.63) is 65.8 Å². The minimum atomic E-state index is -0.403. The van der Waals surface area contributed by atoms with E-state index in [0.717, 1.165) is 12.1 Å². The molecule has 1 aliphatic heterocycles. The quantitative estimate of drug-likeness (QED) is 0.714. The molecule has 0 spiro atoms. The second-order valence-corrected chi connectivity index (χ2v) is 6.36. The van der Waals surface area contributed by atoms with Gasteiger partial charge in [0.1, 0.15) is 5.82 Å². The van der Waals surface area contributed by atoms with Crippen molar-refractivity contribution < 1.29 is 13.7 Å². The van der Waals surface area contributed by atoms with Crippen LogP contribution in [0.25, 0.3) is 11.4 Å².